The van der Waals surface area contributed by atoms with Crippen LogP contribution < -0.4 is 11.1 Å². The van der Waals surface area contributed by atoms with Crippen molar-refractivity contribution < 1.29 is 9.59 Å². The fourth-order valence-electron chi connectivity index (χ4n) is 2.79. The van der Waals surface area contributed by atoms with Crippen LogP contribution in [0.3, 0.4) is 0 Å². The van der Waals surface area contributed by atoms with Crippen molar-refractivity contribution in [1.82, 2.24) is 4.90 Å². The third-order valence-corrected chi connectivity index (χ3v) is 5.01. The summed E-state index contributed by atoms with van der Waals surface area (Å²) >= 11 is 3.37. The zero-order chi connectivity index (χ0) is 15.7. The fourth-order valence-corrected chi connectivity index (χ4v) is 3.05. The first-order chi connectivity index (χ1) is 10.5. The number of anilines is 1. The molecule has 22 heavy (non-hydrogen) atoms. The number of carbonyl (C=O) groups excluding carboxylic acids is 2. The number of carbonyl (C=O) groups is 2. The van der Waals surface area contributed by atoms with E-state index < -0.39 is 5.54 Å². The number of nitrogens with two attached hydrogens (primary N) is 1. The van der Waals surface area contributed by atoms with Crippen LogP contribution in [0, 0.1) is 5.92 Å². The Hall–Kier alpha value is -1.40. The molecule has 6 heteroatoms. The predicted octanol–water partition coefficient (Wildman–Crippen LogP) is 2.12. The second kappa shape index (κ2) is 6.01. The number of hydrogen-bond acceptors (Lipinski definition) is 3. The molecule has 1 aromatic carbocycles. The molecule has 1 aliphatic carbocycles. The first kappa shape index (κ1) is 15.5. The summed E-state index contributed by atoms with van der Waals surface area (Å²) in [4.78, 5) is 26.3. The molecule has 1 aliphatic heterocycles. The lowest BCUT2D eigenvalue weighted by molar-refractivity contribution is -0.136. The van der Waals surface area contributed by atoms with Crippen LogP contribution in [0.1, 0.15) is 25.7 Å². The SMILES string of the molecule is NC1(C(=O)N2CCC(C(=O)Nc3ccc(Br)cc3)CC2)CC1. The number of benzene rings is 1. The van der Waals surface area contributed by atoms with E-state index in [1.807, 2.05) is 29.2 Å². The average Bonchev–Trinajstić information content (AvgIpc) is 3.28. The molecule has 5 nitrogen and oxygen atoms in total. The maximum atomic E-state index is 12.3. The van der Waals surface area contributed by atoms with Gasteiger partial charge in [0.15, 0.2) is 0 Å². The van der Waals surface area contributed by atoms with E-state index in [0.717, 1.165) is 23.0 Å². The second-order valence-corrected chi connectivity index (χ2v) is 7.13. The number of hydrogen-bond donors (Lipinski definition) is 2. The van der Waals surface area contributed by atoms with Crippen molar-refractivity contribution in [3.8, 4) is 0 Å². The molecule has 0 aromatic heterocycles. The average molecular weight is 366 g/mol. The largest absolute Gasteiger partial charge is 0.341 e. The van der Waals surface area contributed by atoms with E-state index in [0.29, 0.717) is 25.9 Å². The molecule has 2 fully saturated rings. The quantitative estimate of drug-likeness (QED) is 0.861. The maximum Gasteiger partial charge on any atom is 0.242 e. The number of halogens is 1. The molecule has 0 atom stereocenters. The highest BCUT2D eigenvalue weighted by atomic mass is 79.9. The molecule has 0 spiro atoms. The van der Waals surface area contributed by atoms with E-state index in [1.54, 1.807) is 0 Å². The van der Waals surface area contributed by atoms with Gasteiger partial charge in [0.2, 0.25) is 11.8 Å². The van der Waals surface area contributed by atoms with Crippen LogP contribution in [0.4, 0.5) is 5.69 Å². The first-order valence-corrected chi connectivity index (χ1v) is 8.42. The highest BCUT2D eigenvalue weighted by Gasteiger charge is 2.48. The molecule has 118 valence electrons. The van der Waals surface area contributed by atoms with E-state index >= 15 is 0 Å². The smallest absolute Gasteiger partial charge is 0.242 e. The molecular formula is C16H20BrN3O2. The van der Waals surface area contributed by atoms with Gasteiger partial charge in [-0.2, -0.15) is 0 Å². The number of rotatable bonds is 3. The Labute approximate surface area is 138 Å². The van der Waals surface area contributed by atoms with Crippen molar-refractivity contribution in [2.24, 2.45) is 11.7 Å². The normalized spacial score (nSPS) is 20.5. The van der Waals surface area contributed by atoms with Gasteiger partial charge in [-0.15, -0.1) is 0 Å². The van der Waals surface area contributed by atoms with Crippen LogP contribution >= 0.6 is 15.9 Å². The summed E-state index contributed by atoms with van der Waals surface area (Å²) in [6.45, 7) is 1.24. The molecule has 3 N–H and O–H groups in total. The van der Waals surface area contributed by atoms with Crippen molar-refractivity contribution in [2.75, 3.05) is 18.4 Å². The Kier molecular flexibility index (Phi) is 4.23. The number of nitrogens with zero attached hydrogens (tertiary/aromatic N) is 1. The highest BCUT2D eigenvalue weighted by Crippen LogP contribution is 2.35. The van der Waals surface area contributed by atoms with Crippen molar-refractivity contribution >= 4 is 33.4 Å². The molecule has 2 aliphatic rings. The number of nitrogens with one attached hydrogen (secondary N) is 1. The fraction of sp³-hybridized carbons (Fsp3) is 0.500. The molecule has 3 rings (SSSR count). The minimum atomic E-state index is -0.605. The molecule has 0 bridgehead atoms. The Balaban J connectivity index is 1.51. The Morgan fingerprint density at radius 3 is 2.32 bits per heavy atom. The van der Waals surface area contributed by atoms with Crippen molar-refractivity contribution in [3.63, 3.8) is 0 Å². The monoisotopic (exact) mass is 365 g/mol. The van der Waals surface area contributed by atoms with Gasteiger partial charge in [-0.25, -0.2) is 0 Å². The van der Waals surface area contributed by atoms with Gasteiger partial charge in [-0.05, 0) is 49.9 Å². The zero-order valence-electron chi connectivity index (χ0n) is 12.3. The van der Waals surface area contributed by atoms with Crippen LogP contribution in [-0.4, -0.2) is 35.3 Å². The zero-order valence-corrected chi connectivity index (χ0v) is 13.9. The molecule has 1 saturated carbocycles. The van der Waals surface area contributed by atoms with E-state index in [9.17, 15) is 9.59 Å². The molecule has 0 radical (unpaired) electrons. The third kappa shape index (κ3) is 3.33. The van der Waals surface area contributed by atoms with Crippen LogP contribution in [0.15, 0.2) is 28.7 Å². The summed E-state index contributed by atoms with van der Waals surface area (Å²) in [5.41, 5.74) is 6.15. The predicted molar refractivity (Wildman–Crippen MR) is 88.2 cm³/mol. The van der Waals surface area contributed by atoms with Gasteiger partial charge in [0.25, 0.3) is 0 Å². The maximum absolute atomic E-state index is 12.3. The van der Waals surface area contributed by atoms with Crippen molar-refractivity contribution in [2.45, 2.75) is 31.2 Å². The van der Waals surface area contributed by atoms with Gasteiger partial charge < -0.3 is 16.0 Å². The number of likely N-dealkylation sites (tertiary alicyclic amines) is 1. The summed E-state index contributed by atoms with van der Waals surface area (Å²) in [5.74, 6) is 0.0446. The van der Waals surface area contributed by atoms with E-state index in [4.69, 9.17) is 5.73 Å². The third-order valence-electron chi connectivity index (χ3n) is 4.48. The van der Waals surface area contributed by atoms with Crippen LogP contribution in [-0.2, 0) is 9.59 Å². The molecule has 1 heterocycles. The van der Waals surface area contributed by atoms with Crippen molar-refractivity contribution in [1.29, 1.82) is 0 Å². The summed E-state index contributed by atoms with van der Waals surface area (Å²) in [6, 6.07) is 7.53. The Morgan fingerprint density at radius 1 is 1.18 bits per heavy atom. The molecule has 1 aromatic rings. The summed E-state index contributed by atoms with van der Waals surface area (Å²) < 4.78 is 0.980. The van der Waals surface area contributed by atoms with Gasteiger partial charge >= 0.3 is 0 Å². The number of amides is 2. The van der Waals surface area contributed by atoms with Crippen LogP contribution in [0.5, 0.6) is 0 Å². The second-order valence-electron chi connectivity index (χ2n) is 6.22. The summed E-state index contributed by atoms with van der Waals surface area (Å²) in [6.07, 6.45) is 2.97. The summed E-state index contributed by atoms with van der Waals surface area (Å²) in [7, 11) is 0. The van der Waals surface area contributed by atoms with Gasteiger partial charge in [0.1, 0.15) is 0 Å². The molecule has 0 unspecified atom stereocenters. The lowest BCUT2D eigenvalue weighted by atomic mass is 9.95. The van der Waals surface area contributed by atoms with E-state index in [-0.39, 0.29) is 17.7 Å². The van der Waals surface area contributed by atoms with Crippen molar-refractivity contribution in [3.05, 3.63) is 28.7 Å². The first-order valence-electron chi connectivity index (χ1n) is 7.63. The highest BCUT2D eigenvalue weighted by molar-refractivity contribution is 9.10. The topological polar surface area (TPSA) is 75.4 Å². The minimum Gasteiger partial charge on any atom is -0.341 e. The Bertz CT molecular complexity index is 576. The number of piperidine rings is 1. The Morgan fingerprint density at radius 2 is 1.77 bits per heavy atom. The summed E-state index contributed by atoms with van der Waals surface area (Å²) in [5, 5.41) is 2.94. The standard InChI is InChI=1S/C16H20BrN3O2/c17-12-1-3-13(4-2-12)19-14(21)11-5-9-20(10-6-11)15(22)16(18)7-8-16/h1-4,11H,5-10,18H2,(H,19,21). The lowest BCUT2D eigenvalue weighted by Gasteiger charge is -2.33. The molecular weight excluding hydrogens is 346 g/mol. The van der Waals surface area contributed by atoms with Gasteiger partial charge in [-0.3, -0.25) is 9.59 Å². The minimum absolute atomic E-state index is 0.0308. The van der Waals surface area contributed by atoms with Gasteiger partial charge in [-0.1, -0.05) is 15.9 Å². The van der Waals surface area contributed by atoms with Crippen LogP contribution in [0.2, 0.25) is 0 Å². The van der Waals surface area contributed by atoms with E-state index in [1.165, 1.54) is 0 Å². The molecule has 1 saturated heterocycles. The van der Waals surface area contributed by atoms with Gasteiger partial charge in [0.05, 0.1) is 5.54 Å². The van der Waals surface area contributed by atoms with Crippen LogP contribution in [0.25, 0.3) is 0 Å². The van der Waals surface area contributed by atoms with Gasteiger partial charge in [0, 0.05) is 29.2 Å². The van der Waals surface area contributed by atoms with E-state index in [2.05, 4.69) is 21.2 Å². The molecule has 2 amide bonds. The lowest BCUT2D eigenvalue weighted by Crippen LogP contribution is -2.49.